The third-order valence-corrected chi connectivity index (χ3v) is 5.97. The highest BCUT2D eigenvalue weighted by molar-refractivity contribution is 5.69. The van der Waals surface area contributed by atoms with Gasteiger partial charge in [-0.25, -0.2) is 4.79 Å². The molecule has 3 aliphatic rings. The molecule has 4 atom stereocenters. The van der Waals surface area contributed by atoms with E-state index in [1.807, 2.05) is 20.8 Å². The summed E-state index contributed by atoms with van der Waals surface area (Å²) in [7, 11) is 0. The Morgan fingerprint density at radius 2 is 1.78 bits per heavy atom. The number of nitrogens with one attached hydrogen (secondary N) is 1. The molecule has 2 heterocycles. The maximum absolute atomic E-state index is 12.5. The number of fused-ring (bicyclic) bond motifs is 2. The lowest BCUT2D eigenvalue weighted by atomic mass is 9.94. The van der Waals surface area contributed by atoms with Crippen molar-refractivity contribution in [3.63, 3.8) is 0 Å². The molecular formula is C19H34N2O2. The van der Waals surface area contributed by atoms with E-state index in [1.165, 1.54) is 25.7 Å². The summed E-state index contributed by atoms with van der Waals surface area (Å²) >= 11 is 0. The van der Waals surface area contributed by atoms with Gasteiger partial charge >= 0.3 is 6.09 Å². The number of hydrogen-bond donors (Lipinski definition) is 1. The average molecular weight is 322 g/mol. The second-order valence-electron chi connectivity index (χ2n) is 8.81. The van der Waals surface area contributed by atoms with Gasteiger partial charge in [0.2, 0.25) is 0 Å². The molecule has 4 heteroatoms. The highest BCUT2D eigenvalue weighted by atomic mass is 16.6. The fourth-order valence-electron chi connectivity index (χ4n) is 4.97. The summed E-state index contributed by atoms with van der Waals surface area (Å²) in [5, 5.41) is 3.95. The van der Waals surface area contributed by atoms with Crippen LogP contribution in [0.5, 0.6) is 0 Å². The lowest BCUT2D eigenvalue weighted by molar-refractivity contribution is 0.00406. The van der Waals surface area contributed by atoms with E-state index in [0.717, 1.165) is 31.6 Å². The molecule has 0 spiro atoms. The molecule has 132 valence electrons. The second-order valence-corrected chi connectivity index (χ2v) is 8.81. The number of amides is 1. The number of carbonyl (C=O) groups is 1. The van der Waals surface area contributed by atoms with Gasteiger partial charge in [-0.3, -0.25) is 0 Å². The van der Waals surface area contributed by atoms with Crippen LogP contribution in [0.25, 0.3) is 0 Å². The molecule has 0 aromatic heterocycles. The average Bonchev–Trinajstić information content (AvgIpc) is 2.99. The van der Waals surface area contributed by atoms with E-state index in [-0.39, 0.29) is 6.09 Å². The van der Waals surface area contributed by atoms with E-state index in [1.54, 1.807) is 0 Å². The molecule has 1 amide bonds. The Kier molecular flexibility index (Phi) is 4.91. The fraction of sp³-hybridized carbons (Fsp3) is 0.947. The Hall–Kier alpha value is -0.770. The van der Waals surface area contributed by atoms with Gasteiger partial charge in [-0.2, -0.15) is 0 Å². The molecule has 4 nitrogen and oxygen atoms in total. The fourth-order valence-corrected chi connectivity index (χ4v) is 4.97. The standard InChI is InChI=1S/C19H34N2O2/c1-5-13-7-6-8-17(13)20-14-11-15-9-10-16(12-14)21(15)18(22)23-19(2,3)4/h13-17,20H,5-12H2,1-4H3. The molecule has 1 N–H and O–H groups in total. The normalized spacial score (nSPS) is 37.2. The molecule has 1 aliphatic carbocycles. The zero-order valence-corrected chi connectivity index (χ0v) is 15.3. The summed E-state index contributed by atoms with van der Waals surface area (Å²) in [6, 6.07) is 2.05. The highest BCUT2D eigenvalue weighted by Gasteiger charge is 2.45. The van der Waals surface area contributed by atoms with Crippen molar-refractivity contribution in [1.29, 1.82) is 0 Å². The van der Waals surface area contributed by atoms with Crippen molar-refractivity contribution < 1.29 is 9.53 Å². The minimum Gasteiger partial charge on any atom is -0.444 e. The van der Waals surface area contributed by atoms with Gasteiger partial charge in [-0.15, -0.1) is 0 Å². The largest absolute Gasteiger partial charge is 0.444 e. The first-order valence-corrected chi connectivity index (χ1v) is 9.64. The first-order chi connectivity index (χ1) is 10.9. The van der Waals surface area contributed by atoms with Crippen LogP contribution in [0.4, 0.5) is 4.79 Å². The van der Waals surface area contributed by atoms with Gasteiger partial charge in [0.05, 0.1) is 0 Å². The number of carbonyl (C=O) groups excluding carboxylic acids is 1. The Morgan fingerprint density at radius 1 is 1.13 bits per heavy atom. The monoisotopic (exact) mass is 322 g/mol. The van der Waals surface area contributed by atoms with Crippen molar-refractivity contribution in [2.45, 2.75) is 109 Å². The molecule has 2 saturated heterocycles. The van der Waals surface area contributed by atoms with Crippen LogP contribution in [0.3, 0.4) is 0 Å². The smallest absolute Gasteiger partial charge is 0.410 e. The van der Waals surface area contributed by atoms with Crippen LogP contribution < -0.4 is 5.32 Å². The van der Waals surface area contributed by atoms with Gasteiger partial charge in [0.1, 0.15) is 5.60 Å². The highest BCUT2D eigenvalue weighted by Crippen LogP contribution is 2.38. The van der Waals surface area contributed by atoms with Crippen molar-refractivity contribution in [2.75, 3.05) is 0 Å². The summed E-state index contributed by atoms with van der Waals surface area (Å²) in [4.78, 5) is 14.6. The predicted molar refractivity (Wildman–Crippen MR) is 92.5 cm³/mol. The Labute approximate surface area is 141 Å². The quantitative estimate of drug-likeness (QED) is 0.851. The second kappa shape index (κ2) is 6.62. The number of piperidine rings is 1. The van der Waals surface area contributed by atoms with E-state index in [9.17, 15) is 4.79 Å². The van der Waals surface area contributed by atoms with Crippen LogP contribution >= 0.6 is 0 Å². The summed E-state index contributed by atoms with van der Waals surface area (Å²) in [6.45, 7) is 8.17. The molecule has 0 aromatic rings. The predicted octanol–water partition coefficient (Wildman–Crippen LogP) is 4.09. The topological polar surface area (TPSA) is 41.6 Å². The number of ether oxygens (including phenoxy) is 1. The molecule has 2 bridgehead atoms. The number of nitrogens with zero attached hydrogens (tertiary/aromatic N) is 1. The Morgan fingerprint density at radius 3 is 2.35 bits per heavy atom. The molecule has 4 unspecified atom stereocenters. The number of rotatable bonds is 3. The minimum absolute atomic E-state index is 0.101. The first kappa shape index (κ1) is 17.1. The summed E-state index contributed by atoms with van der Waals surface area (Å²) in [5.41, 5.74) is -0.399. The Balaban J connectivity index is 1.57. The molecule has 2 aliphatic heterocycles. The Bertz CT molecular complexity index is 418. The maximum atomic E-state index is 12.5. The van der Waals surface area contributed by atoms with Crippen LogP contribution in [0.1, 0.15) is 79.1 Å². The summed E-state index contributed by atoms with van der Waals surface area (Å²) < 4.78 is 5.63. The van der Waals surface area contributed by atoms with Crippen molar-refractivity contribution in [3.8, 4) is 0 Å². The van der Waals surface area contributed by atoms with E-state index >= 15 is 0 Å². The van der Waals surface area contributed by atoms with Crippen LogP contribution in [0, 0.1) is 5.92 Å². The number of hydrogen-bond acceptors (Lipinski definition) is 3. The lowest BCUT2D eigenvalue weighted by Gasteiger charge is -2.41. The molecule has 1 saturated carbocycles. The van der Waals surface area contributed by atoms with Crippen molar-refractivity contribution in [2.24, 2.45) is 5.92 Å². The van der Waals surface area contributed by atoms with Crippen molar-refractivity contribution in [1.82, 2.24) is 10.2 Å². The SMILES string of the molecule is CCC1CCCC1NC1CC2CCC(C1)N2C(=O)OC(C)(C)C. The molecule has 0 aromatic carbocycles. The first-order valence-electron chi connectivity index (χ1n) is 9.64. The van der Waals surface area contributed by atoms with Crippen molar-refractivity contribution in [3.05, 3.63) is 0 Å². The van der Waals surface area contributed by atoms with Gasteiger partial charge in [-0.1, -0.05) is 19.8 Å². The van der Waals surface area contributed by atoms with Gasteiger partial charge in [0.15, 0.2) is 0 Å². The van der Waals surface area contributed by atoms with Crippen molar-refractivity contribution >= 4 is 6.09 Å². The van der Waals surface area contributed by atoms with E-state index < -0.39 is 5.60 Å². The summed E-state index contributed by atoms with van der Waals surface area (Å²) in [5.74, 6) is 0.858. The van der Waals surface area contributed by atoms with E-state index in [0.29, 0.717) is 24.2 Å². The van der Waals surface area contributed by atoms with Crippen LogP contribution in [-0.2, 0) is 4.74 Å². The van der Waals surface area contributed by atoms with Crippen LogP contribution in [0.2, 0.25) is 0 Å². The van der Waals surface area contributed by atoms with Gasteiger partial charge in [-0.05, 0) is 65.2 Å². The van der Waals surface area contributed by atoms with Gasteiger partial charge < -0.3 is 15.0 Å². The molecule has 3 fully saturated rings. The zero-order chi connectivity index (χ0) is 16.6. The molecule has 0 radical (unpaired) electrons. The maximum Gasteiger partial charge on any atom is 0.410 e. The van der Waals surface area contributed by atoms with Crippen LogP contribution in [-0.4, -0.2) is 40.8 Å². The van der Waals surface area contributed by atoms with Crippen LogP contribution in [0.15, 0.2) is 0 Å². The van der Waals surface area contributed by atoms with Gasteiger partial charge in [0.25, 0.3) is 0 Å². The molecule has 23 heavy (non-hydrogen) atoms. The third-order valence-electron chi connectivity index (χ3n) is 5.97. The lowest BCUT2D eigenvalue weighted by Crippen LogP contribution is -2.54. The van der Waals surface area contributed by atoms with Gasteiger partial charge in [0, 0.05) is 24.2 Å². The molecule has 3 rings (SSSR count). The zero-order valence-electron chi connectivity index (χ0n) is 15.3. The summed E-state index contributed by atoms with van der Waals surface area (Å²) in [6.07, 6.45) is 9.77. The molecular weight excluding hydrogens is 288 g/mol. The third kappa shape index (κ3) is 3.84. The van der Waals surface area contributed by atoms with E-state index in [4.69, 9.17) is 4.74 Å². The minimum atomic E-state index is -0.399. The van der Waals surface area contributed by atoms with E-state index in [2.05, 4.69) is 17.1 Å².